The Morgan fingerprint density at radius 2 is 2.10 bits per heavy atom. The molecule has 1 aromatic carbocycles. The quantitative estimate of drug-likeness (QED) is 0.453. The van der Waals surface area contributed by atoms with E-state index in [0.717, 1.165) is 36.3 Å². The van der Waals surface area contributed by atoms with Gasteiger partial charge in [0.25, 0.3) is 5.56 Å². The van der Waals surface area contributed by atoms with Gasteiger partial charge in [-0.1, -0.05) is 18.3 Å². The van der Waals surface area contributed by atoms with Crippen molar-refractivity contribution in [2.75, 3.05) is 19.1 Å². The number of methoxy groups -OCH3 is 1. The van der Waals surface area contributed by atoms with Crippen molar-refractivity contribution in [2.45, 2.75) is 24.9 Å². The lowest BCUT2D eigenvalue weighted by molar-refractivity contribution is -0.688. The number of allylic oxidation sites excluding steroid dienone is 1. The molecule has 0 atom stereocenters. The number of ether oxygens (including phenoxy) is 1. The van der Waals surface area contributed by atoms with Gasteiger partial charge in [-0.3, -0.25) is 9.36 Å². The number of thioether (sulfide) groups is 1. The molecule has 30 heavy (non-hydrogen) atoms. The van der Waals surface area contributed by atoms with Gasteiger partial charge in [0.15, 0.2) is 12.7 Å². The number of benzene rings is 1. The summed E-state index contributed by atoms with van der Waals surface area (Å²) >= 11 is 3.17. The molecule has 0 spiro atoms. The number of fused-ring (bicyclic) bond motifs is 1. The van der Waals surface area contributed by atoms with Crippen LogP contribution in [0, 0.1) is 0 Å². The Labute approximate surface area is 183 Å². The van der Waals surface area contributed by atoms with Crippen molar-refractivity contribution < 1.29 is 9.30 Å². The lowest BCUT2D eigenvalue weighted by Gasteiger charge is -2.13. The van der Waals surface area contributed by atoms with E-state index in [1.54, 1.807) is 18.9 Å². The molecule has 154 valence electrons. The second-order valence-corrected chi connectivity index (χ2v) is 8.89. The van der Waals surface area contributed by atoms with Crippen LogP contribution >= 0.6 is 23.1 Å². The average Bonchev–Trinajstić information content (AvgIpc) is 3.25. The largest absolute Gasteiger partial charge is 0.497 e. The first-order valence-electron chi connectivity index (χ1n) is 9.72. The zero-order valence-electron chi connectivity index (χ0n) is 17.3. The molecule has 0 aliphatic carbocycles. The van der Waals surface area contributed by atoms with E-state index in [1.807, 2.05) is 61.1 Å². The minimum Gasteiger partial charge on any atom is -0.497 e. The smallest absolute Gasteiger partial charge is 0.271 e. The molecule has 0 saturated carbocycles. The van der Waals surface area contributed by atoms with Gasteiger partial charge in [-0.25, -0.2) is 0 Å². The maximum absolute atomic E-state index is 13.3. The standard InChI is InChI=1S/C23H24N3O2S2/c1-5-12-25-13-8-7-9-16(25)14-20-26(6-2)22(27)21(30-20)23-24(3)18-15-17(28-4)10-11-19(18)29-23/h5,7-11,13-15H,1,6,12H2,2-4H3/q+1/b23-21+. The molecular weight excluding hydrogens is 414 g/mol. The Morgan fingerprint density at radius 1 is 1.27 bits per heavy atom. The van der Waals surface area contributed by atoms with E-state index >= 15 is 0 Å². The van der Waals surface area contributed by atoms with Crippen LogP contribution in [0.15, 0.2) is 64.9 Å². The van der Waals surface area contributed by atoms with E-state index in [9.17, 15) is 4.79 Å². The molecule has 2 aromatic heterocycles. The fraction of sp³-hybridized carbons (Fsp3) is 0.217. The van der Waals surface area contributed by atoms with Crippen LogP contribution in [0.4, 0.5) is 5.69 Å². The van der Waals surface area contributed by atoms with Crippen molar-refractivity contribution in [1.82, 2.24) is 4.57 Å². The van der Waals surface area contributed by atoms with Crippen molar-refractivity contribution in [3.05, 3.63) is 80.5 Å². The molecule has 3 aromatic rings. The van der Waals surface area contributed by atoms with Crippen molar-refractivity contribution in [2.24, 2.45) is 0 Å². The van der Waals surface area contributed by atoms with Crippen LogP contribution in [0.25, 0.3) is 11.1 Å². The van der Waals surface area contributed by atoms with Crippen molar-refractivity contribution in [1.29, 1.82) is 0 Å². The van der Waals surface area contributed by atoms with Crippen LogP contribution in [0.2, 0.25) is 0 Å². The summed E-state index contributed by atoms with van der Waals surface area (Å²) in [5.74, 6) is 0.810. The highest BCUT2D eigenvalue weighted by molar-refractivity contribution is 8.08. The van der Waals surface area contributed by atoms with Crippen molar-refractivity contribution in [3.8, 4) is 5.75 Å². The molecule has 4 rings (SSSR count). The predicted molar refractivity (Wildman–Crippen MR) is 125 cm³/mol. The summed E-state index contributed by atoms with van der Waals surface area (Å²) in [6.07, 6.45) is 5.98. The first-order valence-corrected chi connectivity index (χ1v) is 11.3. The number of thiazole rings is 1. The molecule has 0 fully saturated rings. The van der Waals surface area contributed by atoms with Gasteiger partial charge < -0.3 is 9.64 Å². The van der Waals surface area contributed by atoms with E-state index in [4.69, 9.17) is 4.74 Å². The molecule has 0 unspecified atom stereocenters. The average molecular weight is 439 g/mol. The number of nitrogens with zero attached hydrogens (tertiary/aromatic N) is 3. The molecule has 3 heterocycles. The van der Waals surface area contributed by atoms with E-state index in [2.05, 4.69) is 28.2 Å². The summed E-state index contributed by atoms with van der Waals surface area (Å²) in [7, 11) is 3.67. The van der Waals surface area contributed by atoms with Crippen LogP contribution in [0.1, 0.15) is 12.6 Å². The fourth-order valence-corrected chi connectivity index (χ4v) is 5.92. The highest BCUT2D eigenvalue weighted by Crippen LogP contribution is 2.46. The van der Waals surface area contributed by atoms with Gasteiger partial charge in [-0.15, -0.1) is 11.3 Å². The molecule has 0 radical (unpaired) electrons. The summed E-state index contributed by atoms with van der Waals surface area (Å²) in [6.45, 7) is 7.19. The third-order valence-corrected chi connectivity index (χ3v) is 7.52. The minimum absolute atomic E-state index is 0.0501. The maximum atomic E-state index is 13.3. The molecule has 0 N–H and O–H groups in total. The molecule has 7 heteroatoms. The normalized spacial score (nSPS) is 15.4. The molecule has 5 nitrogen and oxygen atoms in total. The van der Waals surface area contributed by atoms with Gasteiger partial charge in [0.2, 0.25) is 5.69 Å². The Balaban J connectivity index is 1.90. The summed E-state index contributed by atoms with van der Waals surface area (Å²) in [4.78, 5) is 16.5. The van der Waals surface area contributed by atoms with Crippen LogP contribution < -0.4 is 29.0 Å². The molecular formula is C23H24N3O2S2+. The number of pyridine rings is 1. The van der Waals surface area contributed by atoms with E-state index < -0.39 is 0 Å². The zero-order chi connectivity index (χ0) is 21.3. The number of hydrogen-bond acceptors (Lipinski definition) is 5. The van der Waals surface area contributed by atoms with Gasteiger partial charge in [-0.05, 0) is 31.2 Å². The van der Waals surface area contributed by atoms with Crippen LogP contribution in [-0.2, 0) is 13.1 Å². The summed E-state index contributed by atoms with van der Waals surface area (Å²) in [5, 5.41) is 0.960. The summed E-state index contributed by atoms with van der Waals surface area (Å²) in [5.41, 5.74) is 2.15. The molecule has 0 bridgehead atoms. The van der Waals surface area contributed by atoms with Gasteiger partial charge in [-0.2, -0.15) is 4.57 Å². The van der Waals surface area contributed by atoms with Gasteiger partial charge in [0.05, 0.1) is 12.8 Å². The molecule has 0 amide bonds. The number of rotatable bonds is 5. The lowest BCUT2D eigenvalue weighted by atomic mass is 10.3. The van der Waals surface area contributed by atoms with Gasteiger partial charge in [0.1, 0.15) is 20.0 Å². The van der Waals surface area contributed by atoms with Crippen LogP contribution in [0.5, 0.6) is 5.75 Å². The third kappa shape index (κ3) is 3.59. The maximum Gasteiger partial charge on any atom is 0.271 e. The second kappa shape index (κ2) is 8.53. The lowest BCUT2D eigenvalue weighted by Crippen LogP contribution is -2.37. The topological polar surface area (TPSA) is 38.4 Å². The van der Waals surface area contributed by atoms with E-state index in [-0.39, 0.29) is 5.56 Å². The Morgan fingerprint density at radius 3 is 2.83 bits per heavy atom. The number of aromatic nitrogens is 2. The first kappa shape index (κ1) is 20.5. The first-order chi connectivity index (χ1) is 14.6. The Hall–Kier alpha value is -2.77. The highest BCUT2D eigenvalue weighted by Gasteiger charge is 2.25. The van der Waals surface area contributed by atoms with E-state index in [1.165, 1.54) is 11.3 Å². The third-order valence-electron chi connectivity index (χ3n) is 5.03. The van der Waals surface area contributed by atoms with Crippen LogP contribution in [-0.4, -0.2) is 18.7 Å². The summed E-state index contributed by atoms with van der Waals surface area (Å²) in [6, 6.07) is 12.1. The predicted octanol–water partition coefficient (Wildman–Crippen LogP) is 2.55. The van der Waals surface area contributed by atoms with Gasteiger partial charge in [0, 0.05) is 42.8 Å². The monoisotopic (exact) mass is 438 g/mol. The number of anilines is 1. The van der Waals surface area contributed by atoms with Crippen LogP contribution in [0.3, 0.4) is 0 Å². The SMILES string of the molecule is C=CC[n+]1ccccc1/C=c1\s/c(=C2/Sc3ccc(OC)cc3N2C)c(=O)n1CC. The molecule has 0 saturated heterocycles. The highest BCUT2D eigenvalue weighted by atomic mass is 32.2. The van der Waals surface area contributed by atoms with E-state index in [0.29, 0.717) is 13.1 Å². The second-order valence-electron chi connectivity index (χ2n) is 6.83. The van der Waals surface area contributed by atoms with Crippen molar-refractivity contribution in [3.63, 3.8) is 0 Å². The Kier molecular flexibility index (Phi) is 5.83. The summed E-state index contributed by atoms with van der Waals surface area (Å²) < 4.78 is 11.0. The van der Waals surface area contributed by atoms with Crippen molar-refractivity contribution >= 4 is 39.9 Å². The Bertz CT molecular complexity index is 1290. The number of hydrogen-bond donors (Lipinski definition) is 0. The minimum atomic E-state index is 0.0501. The fourth-order valence-electron chi connectivity index (χ4n) is 3.47. The molecule has 1 aliphatic rings. The molecule has 1 aliphatic heterocycles. The zero-order valence-corrected chi connectivity index (χ0v) is 18.9. The van der Waals surface area contributed by atoms with Gasteiger partial charge >= 0.3 is 0 Å².